The lowest BCUT2D eigenvalue weighted by atomic mass is 10.4. The average molecular weight is 264 g/mol. The fourth-order valence-electron chi connectivity index (χ4n) is 1.43. The summed E-state index contributed by atoms with van der Waals surface area (Å²) in [5, 5.41) is 13.6. The zero-order chi connectivity index (χ0) is 13.5. The first-order chi connectivity index (χ1) is 9.31. The van der Waals surface area contributed by atoms with Crippen molar-refractivity contribution in [2.24, 2.45) is 0 Å². The molecule has 102 valence electrons. The maximum Gasteiger partial charge on any atom is 0.322 e. The lowest BCUT2D eigenvalue weighted by molar-refractivity contribution is 0.379. The lowest BCUT2D eigenvalue weighted by Gasteiger charge is -2.07. The van der Waals surface area contributed by atoms with Gasteiger partial charge < -0.3 is 15.4 Å². The summed E-state index contributed by atoms with van der Waals surface area (Å²) in [4.78, 5) is 12.3. The van der Waals surface area contributed by atoms with Crippen molar-refractivity contribution in [1.29, 1.82) is 0 Å². The normalized spacial score (nSPS) is 10.2. The monoisotopic (exact) mass is 264 g/mol. The minimum Gasteiger partial charge on any atom is -0.467 e. The van der Waals surface area contributed by atoms with Gasteiger partial charge in [0.05, 0.1) is 13.3 Å². The van der Waals surface area contributed by atoms with Gasteiger partial charge in [0.25, 0.3) is 0 Å². The van der Waals surface area contributed by atoms with Crippen LogP contribution < -0.4 is 15.4 Å². The molecule has 0 aliphatic heterocycles. The molecule has 0 aliphatic carbocycles. The molecule has 0 saturated carbocycles. The van der Waals surface area contributed by atoms with E-state index in [1.165, 1.54) is 7.11 Å². The van der Waals surface area contributed by atoms with Crippen LogP contribution in [0.2, 0.25) is 0 Å². The number of aromatic nitrogens is 6. The van der Waals surface area contributed by atoms with Crippen LogP contribution in [0.15, 0.2) is 12.4 Å². The molecule has 0 spiro atoms. The summed E-state index contributed by atoms with van der Waals surface area (Å²) in [6.07, 6.45) is 4.36. The van der Waals surface area contributed by atoms with Crippen LogP contribution in [0.4, 0.5) is 11.9 Å². The standard InChI is InChI=1S/C10H16N8O/c1-11-8-14-9(16-10(15-8)19-2)12-4-3-6-18-7-5-13-17-18/h5,7H,3-4,6H2,1-2H3,(H2,11,12,14,15,16). The zero-order valence-corrected chi connectivity index (χ0v) is 10.9. The van der Waals surface area contributed by atoms with Gasteiger partial charge in [-0.25, -0.2) is 0 Å². The molecular formula is C10H16N8O. The van der Waals surface area contributed by atoms with Gasteiger partial charge in [-0.15, -0.1) is 5.10 Å². The summed E-state index contributed by atoms with van der Waals surface area (Å²) in [6, 6.07) is 0.276. The SMILES string of the molecule is CNc1nc(NCCCn2ccnn2)nc(OC)n1. The van der Waals surface area contributed by atoms with E-state index in [0.717, 1.165) is 19.5 Å². The van der Waals surface area contributed by atoms with Crippen molar-refractivity contribution >= 4 is 11.9 Å². The van der Waals surface area contributed by atoms with Crippen LogP contribution in [0.5, 0.6) is 6.01 Å². The minimum absolute atomic E-state index is 0.276. The number of aryl methyl sites for hydroxylation is 1. The summed E-state index contributed by atoms with van der Waals surface area (Å²) in [7, 11) is 3.26. The molecule has 0 radical (unpaired) electrons. The van der Waals surface area contributed by atoms with Crippen LogP contribution in [0.25, 0.3) is 0 Å². The van der Waals surface area contributed by atoms with Crippen molar-refractivity contribution in [3.8, 4) is 6.01 Å². The van der Waals surface area contributed by atoms with E-state index in [9.17, 15) is 0 Å². The van der Waals surface area contributed by atoms with Crippen molar-refractivity contribution in [2.45, 2.75) is 13.0 Å². The zero-order valence-electron chi connectivity index (χ0n) is 10.9. The molecule has 19 heavy (non-hydrogen) atoms. The van der Waals surface area contributed by atoms with E-state index in [1.54, 1.807) is 17.9 Å². The Labute approximate surface area is 110 Å². The lowest BCUT2D eigenvalue weighted by Crippen LogP contribution is -2.11. The Morgan fingerprint density at radius 2 is 2.11 bits per heavy atom. The molecule has 2 N–H and O–H groups in total. The highest BCUT2D eigenvalue weighted by Gasteiger charge is 2.04. The van der Waals surface area contributed by atoms with Crippen molar-refractivity contribution in [2.75, 3.05) is 31.3 Å². The third kappa shape index (κ3) is 3.76. The smallest absolute Gasteiger partial charge is 0.322 e. The summed E-state index contributed by atoms with van der Waals surface area (Å²) in [5.41, 5.74) is 0. The van der Waals surface area contributed by atoms with E-state index >= 15 is 0 Å². The van der Waals surface area contributed by atoms with Crippen LogP contribution in [-0.4, -0.2) is 50.6 Å². The van der Waals surface area contributed by atoms with Crippen molar-refractivity contribution in [3.05, 3.63) is 12.4 Å². The van der Waals surface area contributed by atoms with Crippen molar-refractivity contribution < 1.29 is 4.74 Å². The number of ether oxygens (including phenoxy) is 1. The number of anilines is 2. The second-order valence-corrected chi connectivity index (χ2v) is 3.67. The van der Waals surface area contributed by atoms with Gasteiger partial charge in [0, 0.05) is 26.3 Å². The van der Waals surface area contributed by atoms with E-state index in [-0.39, 0.29) is 6.01 Å². The number of hydrogen-bond acceptors (Lipinski definition) is 8. The molecule has 2 rings (SSSR count). The van der Waals surface area contributed by atoms with Crippen LogP contribution in [0, 0.1) is 0 Å². The average Bonchev–Trinajstić information content (AvgIpc) is 2.96. The number of nitrogens with zero attached hydrogens (tertiary/aromatic N) is 6. The molecule has 9 heteroatoms. The quantitative estimate of drug-likeness (QED) is 0.674. The fraction of sp³-hybridized carbons (Fsp3) is 0.500. The molecule has 0 unspecified atom stereocenters. The largest absolute Gasteiger partial charge is 0.467 e. The summed E-state index contributed by atoms with van der Waals surface area (Å²) < 4.78 is 6.77. The Morgan fingerprint density at radius 3 is 2.79 bits per heavy atom. The summed E-state index contributed by atoms with van der Waals surface area (Å²) in [6.45, 7) is 1.50. The van der Waals surface area contributed by atoms with Crippen LogP contribution >= 0.6 is 0 Å². The van der Waals surface area contributed by atoms with E-state index < -0.39 is 0 Å². The molecule has 0 amide bonds. The van der Waals surface area contributed by atoms with Crippen molar-refractivity contribution in [3.63, 3.8) is 0 Å². The Balaban J connectivity index is 1.84. The van der Waals surface area contributed by atoms with Crippen LogP contribution in [-0.2, 0) is 6.54 Å². The number of rotatable bonds is 7. The number of methoxy groups -OCH3 is 1. The maximum atomic E-state index is 5.00. The van der Waals surface area contributed by atoms with E-state index in [2.05, 4.69) is 35.9 Å². The highest BCUT2D eigenvalue weighted by atomic mass is 16.5. The van der Waals surface area contributed by atoms with Crippen molar-refractivity contribution in [1.82, 2.24) is 29.9 Å². The molecule has 0 aliphatic rings. The molecule has 0 aromatic carbocycles. The van der Waals surface area contributed by atoms with E-state index in [4.69, 9.17) is 4.74 Å². The van der Waals surface area contributed by atoms with Gasteiger partial charge >= 0.3 is 6.01 Å². The first-order valence-electron chi connectivity index (χ1n) is 5.87. The Hall–Kier alpha value is -2.45. The Morgan fingerprint density at radius 1 is 1.26 bits per heavy atom. The summed E-state index contributed by atoms with van der Waals surface area (Å²) in [5.74, 6) is 0.945. The predicted molar refractivity (Wildman–Crippen MR) is 69.1 cm³/mol. The van der Waals surface area contributed by atoms with Gasteiger partial charge in [-0.3, -0.25) is 4.68 Å². The Kier molecular flexibility index (Phi) is 4.43. The second kappa shape index (κ2) is 6.47. The number of hydrogen-bond donors (Lipinski definition) is 2. The number of nitrogens with one attached hydrogen (secondary N) is 2. The molecule has 2 heterocycles. The molecule has 0 bridgehead atoms. The van der Waals surface area contributed by atoms with Gasteiger partial charge in [-0.1, -0.05) is 5.21 Å². The first-order valence-corrected chi connectivity index (χ1v) is 5.87. The van der Waals surface area contributed by atoms with Gasteiger partial charge in [0.2, 0.25) is 11.9 Å². The molecule has 9 nitrogen and oxygen atoms in total. The Bertz CT molecular complexity index is 478. The molecule has 2 aromatic rings. The topological polar surface area (TPSA) is 103 Å². The molecule has 0 fully saturated rings. The van der Waals surface area contributed by atoms with Crippen LogP contribution in [0.3, 0.4) is 0 Å². The van der Waals surface area contributed by atoms with Crippen LogP contribution in [0.1, 0.15) is 6.42 Å². The van der Waals surface area contributed by atoms with Gasteiger partial charge in [-0.2, -0.15) is 15.0 Å². The fourth-order valence-corrected chi connectivity index (χ4v) is 1.43. The van der Waals surface area contributed by atoms with E-state index in [0.29, 0.717) is 11.9 Å². The molecule has 0 atom stereocenters. The maximum absolute atomic E-state index is 5.00. The minimum atomic E-state index is 0.276. The predicted octanol–water partition coefficient (Wildman–Crippen LogP) is 0.0156. The second-order valence-electron chi connectivity index (χ2n) is 3.67. The highest BCUT2D eigenvalue weighted by molar-refractivity contribution is 5.35. The first kappa shape index (κ1) is 13.0. The van der Waals surface area contributed by atoms with Gasteiger partial charge in [0.1, 0.15) is 0 Å². The van der Waals surface area contributed by atoms with Gasteiger partial charge in [0.15, 0.2) is 0 Å². The highest BCUT2D eigenvalue weighted by Crippen LogP contribution is 2.09. The third-order valence-corrected chi connectivity index (χ3v) is 2.34. The molecular weight excluding hydrogens is 248 g/mol. The third-order valence-electron chi connectivity index (χ3n) is 2.34. The molecule has 2 aromatic heterocycles. The summed E-state index contributed by atoms with van der Waals surface area (Å²) >= 11 is 0. The van der Waals surface area contributed by atoms with E-state index in [1.807, 2.05) is 6.20 Å². The van der Waals surface area contributed by atoms with Gasteiger partial charge in [-0.05, 0) is 6.42 Å². The molecule has 0 saturated heterocycles.